The molecule has 0 fully saturated rings. The zero-order chi connectivity index (χ0) is 17.5. The van der Waals surface area contributed by atoms with Crippen LogP contribution >= 0.6 is 0 Å². The van der Waals surface area contributed by atoms with E-state index in [1.165, 1.54) is 0 Å². The average Bonchev–Trinajstić information content (AvgIpc) is 2.58. The van der Waals surface area contributed by atoms with Crippen molar-refractivity contribution in [3.63, 3.8) is 0 Å². The Morgan fingerprint density at radius 2 is 1.75 bits per heavy atom. The molecule has 24 heavy (non-hydrogen) atoms. The third kappa shape index (κ3) is 5.25. The maximum atomic E-state index is 10.2. The van der Waals surface area contributed by atoms with Gasteiger partial charge in [-0.15, -0.1) is 0 Å². The number of phenols is 1. The summed E-state index contributed by atoms with van der Waals surface area (Å²) in [6, 6.07) is 14.3. The molecule has 0 saturated heterocycles. The second-order valence-corrected chi connectivity index (χ2v) is 6.56. The van der Waals surface area contributed by atoms with Crippen LogP contribution in [0.3, 0.4) is 0 Å². The van der Waals surface area contributed by atoms with Crippen molar-refractivity contribution in [1.29, 1.82) is 0 Å². The fourth-order valence-electron chi connectivity index (χ4n) is 2.53. The predicted molar refractivity (Wildman–Crippen MR) is 95.9 cm³/mol. The van der Waals surface area contributed by atoms with Gasteiger partial charge in [-0.1, -0.05) is 44.2 Å². The number of phenolic OH excluding ortho intramolecular Hbond substituents is 1. The van der Waals surface area contributed by atoms with Crippen molar-refractivity contribution >= 4 is 0 Å². The first-order valence-electron chi connectivity index (χ1n) is 8.40. The third-order valence-electron chi connectivity index (χ3n) is 4.06. The summed E-state index contributed by atoms with van der Waals surface area (Å²) in [5, 5.41) is 20.4. The van der Waals surface area contributed by atoms with Crippen LogP contribution in [-0.2, 0) is 6.61 Å². The van der Waals surface area contributed by atoms with Gasteiger partial charge in [0.15, 0.2) is 0 Å². The highest BCUT2D eigenvalue weighted by Gasteiger charge is 2.20. The minimum atomic E-state index is -0.672. The number of benzene rings is 2. The molecule has 4 N–H and O–H groups in total. The summed E-state index contributed by atoms with van der Waals surface area (Å²) in [5.41, 5.74) is 7.69. The molecule has 0 aliphatic rings. The fraction of sp³-hybridized carbons (Fsp3) is 0.400. The Bertz CT molecular complexity index is 628. The molecule has 0 unspecified atom stereocenters. The molecule has 0 radical (unpaired) electrons. The summed E-state index contributed by atoms with van der Waals surface area (Å²) in [5.74, 6) is 1.13. The van der Waals surface area contributed by atoms with Crippen molar-refractivity contribution in [2.45, 2.75) is 45.4 Å². The lowest BCUT2D eigenvalue weighted by Crippen LogP contribution is -2.26. The van der Waals surface area contributed by atoms with Crippen LogP contribution in [0.4, 0.5) is 0 Å². The first-order valence-corrected chi connectivity index (χ1v) is 8.40. The van der Waals surface area contributed by atoms with E-state index in [9.17, 15) is 10.2 Å². The van der Waals surface area contributed by atoms with Crippen molar-refractivity contribution in [3.05, 3.63) is 59.7 Å². The number of rotatable bonds is 8. The summed E-state index contributed by atoms with van der Waals surface area (Å²) in [4.78, 5) is 0. The maximum absolute atomic E-state index is 10.2. The van der Waals surface area contributed by atoms with E-state index in [0.717, 1.165) is 12.0 Å². The minimum Gasteiger partial charge on any atom is -0.507 e. The van der Waals surface area contributed by atoms with Crippen LogP contribution in [0.2, 0.25) is 0 Å². The first-order chi connectivity index (χ1) is 11.5. The van der Waals surface area contributed by atoms with Gasteiger partial charge in [-0.05, 0) is 36.5 Å². The zero-order valence-electron chi connectivity index (χ0n) is 14.4. The Kier molecular flexibility index (Phi) is 6.64. The minimum absolute atomic E-state index is 0.0525. The smallest absolute Gasteiger partial charge is 0.124 e. The van der Waals surface area contributed by atoms with Crippen molar-refractivity contribution in [2.75, 3.05) is 0 Å². The topological polar surface area (TPSA) is 75.7 Å². The second kappa shape index (κ2) is 8.71. The quantitative estimate of drug-likeness (QED) is 0.689. The predicted octanol–water partition coefficient (Wildman–Crippen LogP) is 3.77. The Morgan fingerprint density at radius 3 is 2.38 bits per heavy atom. The van der Waals surface area contributed by atoms with E-state index >= 15 is 0 Å². The highest BCUT2D eigenvalue weighted by Crippen LogP contribution is 2.30. The summed E-state index contributed by atoms with van der Waals surface area (Å²) in [7, 11) is 0. The van der Waals surface area contributed by atoms with E-state index in [-0.39, 0.29) is 5.75 Å². The molecule has 0 spiro atoms. The van der Waals surface area contributed by atoms with E-state index in [0.29, 0.717) is 30.3 Å². The molecule has 0 heterocycles. The standard InChI is InChI=1S/C20H27NO3/c1-14(2)8-11-18(22)20(21)17-10-9-16(12-19(17)23)24-13-15-6-4-3-5-7-15/h3-7,9-10,12,14,18,20,22-23H,8,11,13,21H2,1-2H3/t18-,20+/m1/s1. The van der Waals surface area contributed by atoms with Gasteiger partial charge in [-0.3, -0.25) is 0 Å². The summed E-state index contributed by atoms with van der Waals surface area (Å²) in [6.07, 6.45) is 0.840. The Hall–Kier alpha value is -2.04. The van der Waals surface area contributed by atoms with Crippen LogP contribution in [0.25, 0.3) is 0 Å². The molecule has 0 aliphatic carbocycles. The number of aromatic hydroxyl groups is 1. The lowest BCUT2D eigenvalue weighted by atomic mass is 9.95. The van der Waals surface area contributed by atoms with Gasteiger partial charge in [-0.2, -0.15) is 0 Å². The average molecular weight is 329 g/mol. The fourth-order valence-corrected chi connectivity index (χ4v) is 2.53. The molecule has 2 aromatic carbocycles. The molecule has 130 valence electrons. The van der Waals surface area contributed by atoms with Crippen LogP contribution < -0.4 is 10.5 Å². The summed E-state index contributed by atoms with van der Waals surface area (Å²) >= 11 is 0. The molecule has 0 amide bonds. The lowest BCUT2D eigenvalue weighted by Gasteiger charge is -2.21. The number of hydrogen-bond donors (Lipinski definition) is 3. The lowest BCUT2D eigenvalue weighted by molar-refractivity contribution is 0.127. The van der Waals surface area contributed by atoms with Crippen molar-refractivity contribution in [3.8, 4) is 11.5 Å². The van der Waals surface area contributed by atoms with Crippen molar-refractivity contribution in [2.24, 2.45) is 11.7 Å². The van der Waals surface area contributed by atoms with Gasteiger partial charge in [0.2, 0.25) is 0 Å². The van der Waals surface area contributed by atoms with Crippen LogP contribution in [0.15, 0.2) is 48.5 Å². The zero-order valence-corrected chi connectivity index (χ0v) is 14.4. The molecule has 2 rings (SSSR count). The molecule has 4 nitrogen and oxygen atoms in total. The molecule has 0 saturated carbocycles. The number of ether oxygens (including phenoxy) is 1. The highest BCUT2D eigenvalue weighted by atomic mass is 16.5. The van der Waals surface area contributed by atoms with E-state index in [1.54, 1.807) is 18.2 Å². The number of aliphatic hydroxyl groups excluding tert-OH is 1. The van der Waals surface area contributed by atoms with Gasteiger partial charge in [0.25, 0.3) is 0 Å². The van der Waals surface area contributed by atoms with Gasteiger partial charge < -0.3 is 20.7 Å². The van der Waals surface area contributed by atoms with Crippen LogP contribution in [0, 0.1) is 5.92 Å². The summed E-state index contributed by atoms with van der Waals surface area (Å²) < 4.78 is 5.68. The Morgan fingerprint density at radius 1 is 1.04 bits per heavy atom. The van der Waals surface area contributed by atoms with Crippen molar-refractivity contribution < 1.29 is 14.9 Å². The first kappa shape index (κ1) is 18.3. The van der Waals surface area contributed by atoms with E-state index < -0.39 is 12.1 Å². The van der Waals surface area contributed by atoms with Crippen LogP contribution in [0.1, 0.15) is 43.9 Å². The monoisotopic (exact) mass is 329 g/mol. The van der Waals surface area contributed by atoms with Crippen molar-refractivity contribution in [1.82, 2.24) is 0 Å². The third-order valence-corrected chi connectivity index (χ3v) is 4.06. The largest absolute Gasteiger partial charge is 0.507 e. The van der Waals surface area contributed by atoms with Crippen LogP contribution in [-0.4, -0.2) is 16.3 Å². The molecule has 0 bridgehead atoms. The second-order valence-electron chi connectivity index (χ2n) is 6.56. The molecule has 2 atom stereocenters. The molecule has 2 aromatic rings. The summed E-state index contributed by atoms with van der Waals surface area (Å²) in [6.45, 7) is 4.64. The van der Waals surface area contributed by atoms with Gasteiger partial charge in [0.05, 0.1) is 12.1 Å². The van der Waals surface area contributed by atoms with Gasteiger partial charge in [0, 0.05) is 11.6 Å². The molecule has 0 aliphatic heterocycles. The highest BCUT2D eigenvalue weighted by molar-refractivity contribution is 5.41. The molecule has 4 heteroatoms. The van der Waals surface area contributed by atoms with Gasteiger partial charge >= 0.3 is 0 Å². The van der Waals surface area contributed by atoms with Gasteiger partial charge in [-0.25, -0.2) is 0 Å². The van der Waals surface area contributed by atoms with E-state index in [2.05, 4.69) is 13.8 Å². The Balaban J connectivity index is 1.98. The normalized spacial score (nSPS) is 13.7. The molecule has 0 aromatic heterocycles. The SMILES string of the molecule is CC(C)CC[C@@H](O)[C@@H](N)c1ccc(OCc2ccccc2)cc1O. The molecular formula is C20H27NO3. The van der Waals surface area contributed by atoms with Crippen LogP contribution in [0.5, 0.6) is 11.5 Å². The number of aliphatic hydroxyl groups is 1. The number of nitrogens with two attached hydrogens (primary N) is 1. The maximum Gasteiger partial charge on any atom is 0.124 e. The Labute approximate surface area is 143 Å². The molecular weight excluding hydrogens is 302 g/mol. The number of hydrogen-bond acceptors (Lipinski definition) is 4. The van der Waals surface area contributed by atoms with E-state index in [4.69, 9.17) is 10.5 Å². The van der Waals surface area contributed by atoms with E-state index in [1.807, 2.05) is 30.3 Å². The van der Waals surface area contributed by atoms with Gasteiger partial charge in [0.1, 0.15) is 18.1 Å².